The number of alkyl halides is 3. The molecule has 31 heavy (non-hydrogen) atoms. The number of benzene rings is 2. The summed E-state index contributed by atoms with van der Waals surface area (Å²) in [6.45, 7) is -0.0899. The lowest BCUT2D eigenvalue weighted by atomic mass is 10.1. The monoisotopic (exact) mass is 427 g/mol. The number of nitrogens with one attached hydrogen (secondary N) is 2. The van der Waals surface area contributed by atoms with Gasteiger partial charge in [-0.1, -0.05) is 18.2 Å². The summed E-state index contributed by atoms with van der Waals surface area (Å²) in [5.41, 5.74) is -0.818. The minimum Gasteiger partial charge on any atom is -0.350 e. The van der Waals surface area contributed by atoms with Gasteiger partial charge in [0.05, 0.1) is 22.9 Å². The van der Waals surface area contributed by atoms with Gasteiger partial charge in [-0.05, 0) is 36.4 Å². The van der Waals surface area contributed by atoms with Crippen LogP contribution in [0.1, 0.15) is 32.0 Å². The molecule has 0 fully saturated rings. The van der Waals surface area contributed by atoms with Crippen LogP contribution in [0.15, 0.2) is 60.8 Å². The lowest BCUT2D eigenvalue weighted by Crippen LogP contribution is -2.35. The van der Waals surface area contributed by atoms with E-state index in [-0.39, 0.29) is 13.1 Å². The molecule has 7 nitrogen and oxygen atoms in total. The molecule has 0 radical (unpaired) electrons. The highest BCUT2D eigenvalue weighted by Crippen LogP contribution is 2.31. The zero-order valence-electron chi connectivity index (χ0n) is 16.0. The minimum absolute atomic E-state index is 0.00124. The van der Waals surface area contributed by atoms with E-state index in [4.69, 9.17) is 5.26 Å². The summed E-state index contributed by atoms with van der Waals surface area (Å²) in [4.78, 5) is 24.4. The summed E-state index contributed by atoms with van der Waals surface area (Å²) >= 11 is 0. The summed E-state index contributed by atoms with van der Waals surface area (Å²) in [6.07, 6.45) is -3.79. The number of hydrogen-bond donors (Lipinski definition) is 2. The van der Waals surface area contributed by atoms with Crippen molar-refractivity contribution in [2.45, 2.75) is 6.18 Å². The Balaban J connectivity index is 1.62. The highest BCUT2D eigenvalue weighted by Gasteiger charge is 2.39. The fraction of sp³-hybridized carbons (Fsp3) is 0.143. The third-order valence-electron chi connectivity index (χ3n) is 4.22. The number of para-hydroxylation sites is 1. The second-order valence-electron chi connectivity index (χ2n) is 6.37. The van der Waals surface area contributed by atoms with Crippen LogP contribution < -0.4 is 10.6 Å². The van der Waals surface area contributed by atoms with Crippen LogP contribution in [0, 0.1) is 11.3 Å². The molecular weight excluding hydrogens is 411 g/mol. The molecule has 2 N–H and O–H groups in total. The number of nitriles is 1. The Kier molecular flexibility index (Phi) is 6.35. The van der Waals surface area contributed by atoms with Gasteiger partial charge in [0.15, 0.2) is 5.69 Å². The number of carbonyl (C=O) groups excluding carboxylic acids is 2. The van der Waals surface area contributed by atoms with Gasteiger partial charge in [-0.15, -0.1) is 0 Å². The van der Waals surface area contributed by atoms with Gasteiger partial charge in [0.1, 0.15) is 0 Å². The molecule has 1 aromatic heterocycles. The van der Waals surface area contributed by atoms with Crippen molar-refractivity contribution in [2.24, 2.45) is 0 Å². The summed E-state index contributed by atoms with van der Waals surface area (Å²) in [5.74, 6) is -1.39. The van der Waals surface area contributed by atoms with Crippen molar-refractivity contribution in [2.75, 3.05) is 13.1 Å². The zero-order valence-corrected chi connectivity index (χ0v) is 16.0. The van der Waals surface area contributed by atoms with E-state index in [0.29, 0.717) is 16.8 Å². The average molecular weight is 427 g/mol. The highest BCUT2D eigenvalue weighted by molar-refractivity contribution is 5.96. The van der Waals surface area contributed by atoms with Crippen LogP contribution in [-0.2, 0) is 6.18 Å². The molecule has 0 saturated heterocycles. The van der Waals surface area contributed by atoms with Crippen LogP contribution in [0.25, 0.3) is 5.69 Å². The molecule has 10 heteroatoms. The van der Waals surface area contributed by atoms with Crippen LogP contribution in [0.5, 0.6) is 0 Å². The van der Waals surface area contributed by atoms with Gasteiger partial charge in [0.2, 0.25) is 0 Å². The summed E-state index contributed by atoms with van der Waals surface area (Å²) in [7, 11) is 0. The van der Waals surface area contributed by atoms with E-state index in [9.17, 15) is 22.8 Å². The predicted octanol–water partition coefficient (Wildman–Crippen LogP) is 2.92. The summed E-state index contributed by atoms with van der Waals surface area (Å²) in [5, 5.41) is 17.2. The molecule has 0 aliphatic carbocycles. The Morgan fingerprint density at radius 3 is 2.16 bits per heavy atom. The molecule has 1 heterocycles. The smallest absolute Gasteiger partial charge is 0.350 e. The number of nitrogens with zero attached hydrogens (tertiary/aromatic N) is 3. The van der Waals surface area contributed by atoms with E-state index in [1.165, 1.54) is 24.3 Å². The second kappa shape index (κ2) is 9.13. The van der Waals surface area contributed by atoms with Crippen molar-refractivity contribution in [3.63, 3.8) is 0 Å². The van der Waals surface area contributed by atoms with Crippen molar-refractivity contribution < 1.29 is 22.8 Å². The molecule has 0 aliphatic heterocycles. The largest absolute Gasteiger partial charge is 0.435 e. The molecule has 3 rings (SSSR count). The Morgan fingerprint density at radius 1 is 0.968 bits per heavy atom. The first-order chi connectivity index (χ1) is 14.8. The Bertz CT molecular complexity index is 1120. The van der Waals surface area contributed by atoms with Gasteiger partial charge in [-0.2, -0.15) is 23.5 Å². The van der Waals surface area contributed by atoms with Crippen LogP contribution >= 0.6 is 0 Å². The van der Waals surface area contributed by atoms with Crippen molar-refractivity contribution >= 4 is 11.8 Å². The molecular formula is C21H16F3N5O2. The standard InChI is InChI=1S/C21H16F3N5O2/c22-21(23,24)18-17(13-29(28-18)16-4-2-1-3-5-16)20(31)27-11-10-26-19(30)15-8-6-14(12-25)7-9-15/h1-9,13H,10-11H2,(H,26,30)(H,27,31). The van der Waals surface area contributed by atoms with E-state index in [1.54, 1.807) is 30.3 Å². The van der Waals surface area contributed by atoms with E-state index in [0.717, 1.165) is 10.9 Å². The molecule has 0 aliphatic rings. The molecule has 0 bridgehead atoms. The van der Waals surface area contributed by atoms with E-state index in [2.05, 4.69) is 15.7 Å². The van der Waals surface area contributed by atoms with E-state index >= 15 is 0 Å². The lowest BCUT2D eigenvalue weighted by molar-refractivity contribution is -0.141. The first kappa shape index (κ1) is 21.6. The van der Waals surface area contributed by atoms with E-state index < -0.39 is 29.2 Å². The van der Waals surface area contributed by atoms with Gasteiger partial charge in [0, 0.05) is 24.8 Å². The number of rotatable bonds is 6. The third kappa shape index (κ3) is 5.27. The maximum Gasteiger partial charge on any atom is 0.435 e. The van der Waals surface area contributed by atoms with Gasteiger partial charge >= 0.3 is 6.18 Å². The van der Waals surface area contributed by atoms with Crippen molar-refractivity contribution in [1.82, 2.24) is 20.4 Å². The quantitative estimate of drug-likeness (QED) is 0.591. The van der Waals surface area contributed by atoms with Gasteiger partial charge < -0.3 is 10.6 Å². The van der Waals surface area contributed by atoms with Crippen LogP contribution in [0.2, 0.25) is 0 Å². The fourth-order valence-electron chi connectivity index (χ4n) is 2.71. The lowest BCUT2D eigenvalue weighted by Gasteiger charge is -2.08. The maximum atomic E-state index is 13.3. The second-order valence-corrected chi connectivity index (χ2v) is 6.37. The molecule has 0 saturated carbocycles. The average Bonchev–Trinajstić information content (AvgIpc) is 3.23. The molecule has 158 valence electrons. The number of hydrogen-bond acceptors (Lipinski definition) is 4. The van der Waals surface area contributed by atoms with Crippen LogP contribution in [-0.4, -0.2) is 34.7 Å². The van der Waals surface area contributed by atoms with Crippen molar-refractivity contribution in [3.05, 3.63) is 83.2 Å². The topological polar surface area (TPSA) is 99.8 Å². The number of aromatic nitrogens is 2. The first-order valence-corrected chi connectivity index (χ1v) is 9.08. The summed E-state index contributed by atoms with van der Waals surface area (Å²) in [6, 6.07) is 16.0. The predicted molar refractivity (Wildman–Crippen MR) is 104 cm³/mol. The Morgan fingerprint density at radius 2 is 1.58 bits per heavy atom. The fourth-order valence-corrected chi connectivity index (χ4v) is 2.71. The Labute approximate surface area is 175 Å². The molecule has 2 aromatic carbocycles. The zero-order chi connectivity index (χ0) is 22.4. The van der Waals surface area contributed by atoms with Gasteiger partial charge in [-0.3, -0.25) is 9.59 Å². The summed E-state index contributed by atoms with van der Waals surface area (Å²) < 4.78 is 41.0. The van der Waals surface area contributed by atoms with E-state index in [1.807, 2.05) is 6.07 Å². The number of amides is 2. The van der Waals surface area contributed by atoms with Crippen LogP contribution in [0.4, 0.5) is 13.2 Å². The molecule has 3 aromatic rings. The number of halogens is 3. The Hall–Kier alpha value is -4.13. The molecule has 0 atom stereocenters. The third-order valence-corrected chi connectivity index (χ3v) is 4.22. The van der Waals surface area contributed by atoms with Crippen LogP contribution in [0.3, 0.4) is 0 Å². The minimum atomic E-state index is -4.81. The van der Waals surface area contributed by atoms with Gasteiger partial charge in [-0.25, -0.2) is 4.68 Å². The molecule has 0 unspecified atom stereocenters. The van der Waals surface area contributed by atoms with Gasteiger partial charge in [0.25, 0.3) is 11.8 Å². The molecule has 0 spiro atoms. The molecule has 2 amide bonds. The highest BCUT2D eigenvalue weighted by atomic mass is 19.4. The maximum absolute atomic E-state index is 13.3. The van der Waals surface area contributed by atoms with Crippen molar-refractivity contribution in [1.29, 1.82) is 5.26 Å². The van der Waals surface area contributed by atoms with Crippen molar-refractivity contribution in [3.8, 4) is 11.8 Å². The number of carbonyl (C=O) groups is 2. The SMILES string of the molecule is N#Cc1ccc(C(=O)NCCNC(=O)c2cn(-c3ccccc3)nc2C(F)(F)F)cc1. The normalized spacial score (nSPS) is 10.9. The first-order valence-electron chi connectivity index (χ1n) is 9.08.